The Hall–Kier alpha value is -4.21. The van der Waals surface area contributed by atoms with Crippen LogP contribution >= 0.6 is 0 Å². The fraction of sp³-hybridized carbons (Fsp3) is 0.222. The minimum absolute atomic E-state index is 0.109. The van der Waals surface area contributed by atoms with Crippen molar-refractivity contribution in [3.8, 4) is 22.5 Å². The Labute approximate surface area is 208 Å². The Morgan fingerprint density at radius 3 is 2.27 bits per heavy atom. The number of imidazole rings is 1. The van der Waals surface area contributed by atoms with Crippen molar-refractivity contribution < 1.29 is 32.3 Å². The minimum Gasteiger partial charge on any atom is -0.478 e. The van der Waals surface area contributed by atoms with Crippen molar-refractivity contribution in [1.29, 1.82) is 0 Å². The number of halogens is 4. The van der Waals surface area contributed by atoms with Crippen LogP contribution in [0.4, 0.5) is 23.2 Å². The molecular formula is C27H21F4N3O3. The highest BCUT2D eigenvalue weighted by molar-refractivity contribution is 6.02. The number of aromatic amines is 1. The second-order valence-corrected chi connectivity index (χ2v) is 9.16. The molecule has 5 rings (SSSR count). The molecule has 1 fully saturated rings. The zero-order chi connectivity index (χ0) is 26.4. The van der Waals surface area contributed by atoms with Crippen LogP contribution in [0.2, 0.25) is 0 Å². The summed E-state index contributed by atoms with van der Waals surface area (Å²) in [7, 11) is 0. The van der Waals surface area contributed by atoms with Crippen molar-refractivity contribution in [2.45, 2.75) is 32.6 Å². The van der Waals surface area contributed by atoms with E-state index in [1.165, 1.54) is 36.4 Å². The van der Waals surface area contributed by atoms with Gasteiger partial charge in [0.2, 0.25) is 5.91 Å². The van der Waals surface area contributed by atoms with E-state index in [0.717, 1.165) is 25.7 Å². The van der Waals surface area contributed by atoms with Gasteiger partial charge < -0.3 is 15.4 Å². The van der Waals surface area contributed by atoms with Gasteiger partial charge in [0.05, 0.1) is 22.2 Å². The molecule has 0 spiro atoms. The van der Waals surface area contributed by atoms with E-state index in [4.69, 9.17) is 0 Å². The van der Waals surface area contributed by atoms with Crippen molar-refractivity contribution in [3.05, 3.63) is 70.8 Å². The summed E-state index contributed by atoms with van der Waals surface area (Å²) in [5.74, 6) is -8.93. The van der Waals surface area contributed by atoms with Crippen LogP contribution in [-0.4, -0.2) is 27.0 Å². The number of nitrogens with one attached hydrogen (secondary N) is 2. The predicted octanol–water partition coefficient (Wildman–Crippen LogP) is 6.59. The molecule has 3 N–H and O–H groups in total. The number of anilines is 1. The molecule has 0 aliphatic heterocycles. The first-order valence-electron chi connectivity index (χ1n) is 11.7. The van der Waals surface area contributed by atoms with Gasteiger partial charge in [-0.2, -0.15) is 0 Å². The first-order chi connectivity index (χ1) is 17.7. The van der Waals surface area contributed by atoms with Crippen molar-refractivity contribution in [2.24, 2.45) is 5.92 Å². The molecule has 0 bridgehead atoms. The predicted molar refractivity (Wildman–Crippen MR) is 129 cm³/mol. The summed E-state index contributed by atoms with van der Waals surface area (Å²) in [6, 6.07) is 8.27. The van der Waals surface area contributed by atoms with Crippen LogP contribution in [0.15, 0.2) is 36.4 Å². The number of carbonyl (C=O) groups is 2. The van der Waals surface area contributed by atoms with Crippen LogP contribution in [0.3, 0.4) is 0 Å². The smallest absolute Gasteiger partial charge is 0.337 e. The molecule has 3 aromatic carbocycles. The Kier molecular flexibility index (Phi) is 6.18. The molecule has 1 aliphatic carbocycles. The number of aryl methyl sites for hydroxylation is 1. The maximum Gasteiger partial charge on any atom is 0.337 e. The molecule has 1 saturated carbocycles. The van der Waals surface area contributed by atoms with Gasteiger partial charge in [-0.3, -0.25) is 4.79 Å². The summed E-state index contributed by atoms with van der Waals surface area (Å²) >= 11 is 0. The molecule has 0 radical (unpaired) electrons. The molecule has 1 amide bonds. The number of benzene rings is 3. The summed E-state index contributed by atoms with van der Waals surface area (Å²) in [4.78, 5) is 30.5. The fourth-order valence-electron chi connectivity index (χ4n) is 4.82. The van der Waals surface area contributed by atoms with E-state index in [0.29, 0.717) is 5.56 Å². The number of aromatic carboxylic acids is 1. The lowest BCUT2D eigenvalue weighted by atomic mass is 10.00. The molecule has 6 nitrogen and oxygen atoms in total. The summed E-state index contributed by atoms with van der Waals surface area (Å²) in [5, 5.41) is 12.1. The molecule has 37 heavy (non-hydrogen) atoms. The van der Waals surface area contributed by atoms with Crippen molar-refractivity contribution >= 4 is 28.6 Å². The lowest BCUT2D eigenvalue weighted by Gasteiger charge is -2.14. The lowest BCUT2D eigenvalue weighted by Crippen LogP contribution is -2.20. The average Bonchev–Trinajstić information content (AvgIpc) is 3.53. The number of fused-ring (bicyclic) bond motifs is 1. The second kappa shape index (κ2) is 9.34. The highest BCUT2D eigenvalue weighted by atomic mass is 19.2. The van der Waals surface area contributed by atoms with Crippen molar-refractivity contribution in [3.63, 3.8) is 0 Å². The van der Waals surface area contributed by atoms with Crippen LogP contribution in [0, 0.1) is 36.1 Å². The molecule has 0 atom stereocenters. The topological polar surface area (TPSA) is 95.1 Å². The number of carbonyl (C=O) groups excluding carboxylic acids is 1. The van der Waals surface area contributed by atoms with Gasteiger partial charge in [-0.05, 0) is 55.2 Å². The van der Waals surface area contributed by atoms with Gasteiger partial charge in [0, 0.05) is 11.6 Å². The van der Waals surface area contributed by atoms with Gasteiger partial charge in [-0.25, -0.2) is 27.3 Å². The monoisotopic (exact) mass is 511 g/mol. The average molecular weight is 511 g/mol. The van der Waals surface area contributed by atoms with Gasteiger partial charge >= 0.3 is 5.97 Å². The largest absolute Gasteiger partial charge is 0.478 e. The van der Waals surface area contributed by atoms with E-state index in [9.17, 15) is 14.7 Å². The van der Waals surface area contributed by atoms with Crippen LogP contribution in [0.5, 0.6) is 0 Å². The van der Waals surface area contributed by atoms with Crippen molar-refractivity contribution in [2.75, 3.05) is 5.32 Å². The van der Waals surface area contributed by atoms with E-state index in [2.05, 4.69) is 15.3 Å². The molecule has 0 unspecified atom stereocenters. The second-order valence-electron chi connectivity index (χ2n) is 9.16. The number of carboxylic acid groups (broad SMARTS) is 1. The fourth-order valence-corrected chi connectivity index (χ4v) is 4.82. The maximum absolute atomic E-state index is 15.2. The number of H-pyrrole nitrogens is 1. The van der Waals surface area contributed by atoms with Gasteiger partial charge in [-0.15, -0.1) is 0 Å². The summed E-state index contributed by atoms with van der Waals surface area (Å²) in [5.41, 5.74) is -1.61. The molecule has 1 heterocycles. The standard InChI is InChI=1S/C27H21F4N3O3/c1-12-9-16(27(36)37)24-17(10-12)33-25(34-24)19-22(30)20(28)18(21(29)23(19)31)14-7-4-8-15(11-14)32-26(35)13-5-2-3-6-13/h4,7-11,13H,2-3,5-6H2,1H3,(H,32,35)(H,33,34)(H,36,37). The first kappa shape index (κ1) is 24.5. The van der Waals surface area contributed by atoms with Crippen LogP contribution in [-0.2, 0) is 4.79 Å². The molecular weight excluding hydrogens is 490 g/mol. The molecule has 0 saturated heterocycles. The van der Waals surface area contributed by atoms with Crippen LogP contribution in [0.1, 0.15) is 41.6 Å². The number of amides is 1. The number of aromatic nitrogens is 2. The maximum atomic E-state index is 15.2. The van der Waals surface area contributed by atoms with Crippen molar-refractivity contribution in [1.82, 2.24) is 9.97 Å². The lowest BCUT2D eigenvalue weighted by molar-refractivity contribution is -0.119. The Bertz CT molecular complexity index is 1550. The zero-order valence-electron chi connectivity index (χ0n) is 19.6. The Morgan fingerprint density at radius 2 is 1.62 bits per heavy atom. The molecule has 10 heteroatoms. The number of hydrogen-bond donors (Lipinski definition) is 3. The van der Waals surface area contributed by atoms with E-state index in [-0.39, 0.29) is 39.7 Å². The van der Waals surface area contributed by atoms with E-state index in [1.54, 1.807) is 6.92 Å². The Balaban J connectivity index is 1.58. The summed E-state index contributed by atoms with van der Waals surface area (Å²) in [6.45, 7) is 1.62. The third-order valence-electron chi connectivity index (χ3n) is 6.61. The molecule has 1 aliphatic rings. The quantitative estimate of drug-likeness (QED) is 0.208. The van der Waals surface area contributed by atoms with E-state index < -0.39 is 46.2 Å². The minimum atomic E-state index is -1.69. The van der Waals surface area contributed by atoms with Crippen LogP contribution in [0.25, 0.3) is 33.5 Å². The highest BCUT2D eigenvalue weighted by Gasteiger charge is 2.30. The first-order valence-corrected chi connectivity index (χ1v) is 11.7. The van der Waals surface area contributed by atoms with Gasteiger partial charge in [0.25, 0.3) is 0 Å². The molecule has 4 aromatic rings. The number of hydrogen-bond acceptors (Lipinski definition) is 3. The third kappa shape index (κ3) is 4.32. The van der Waals surface area contributed by atoms with Crippen LogP contribution < -0.4 is 5.32 Å². The zero-order valence-corrected chi connectivity index (χ0v) is 19.6. The van der Waals surface area contributed by atoms with Gasteiger partial charge in [0.15, 0.2) is 23.3 Å². The molecule has 1 aromatic heterocycles. The number of nitrogens with zero attached hydrogens (tertiary/aromatic N) is 1. The number of carboxylic acids is 1. The number of rotatable bonds is 5. The third-order valence-corrected chi connectivity index (χ3v) is 6.61. The highest BCUT2D eigenvalue weighted by Crippen LogP contribution is 2.37. The molecule has 190 valence electrons. The Morgan fingerprint density at radius 1 is 0.973 bits per heavy atom. The normalized spacial score (nSPS) is 13.9. The van der Waals surface area contributed by atoms with Gasteiger partial charge in [-0.1, -0.05) is 25.0 Å². The van der Waals surface area contributed by atoms with Gasteiger partial charge in [0.1, 0.15) is 11.3 Å². The van der Waals surface area contributed by atoms with E-state index in [1.807, 2.05) is 0 Å². The summed E-state index contributed by atoms with van der Waals surface area (Å²) < 4.78 is 60.9. The summed E-state index contributed by atoms with van der Waals surface area (Å²) in [6.07, 6.45) is 3.40. The SMILES string of the molecule is Cc1cc(C(=O)O)c2nc(-c3c(F)c(F)c(-c4cccc(NC(=O)C5CCCC5)c4)c(F)c3F)[nH]c2c1. The van der Waals surface area contributed by atoms with E-state index >= 15 is 17.6 Å².